The minimum absolute atomic E-state index is 0.0268. The first-order valence-corrected chi connectivity index (χ1v) is 34.5. The quantitative estimate of drug-likeness (QED) is 0.0144. The number of rotatable bonds is 21. The van der Waals surface area contributed by atoms with Crippen LogP contribution in [0.15, 0.2) is 110 Å². The number of aromatic hydroxyl groups is 1. The number of nitriles is 1. The monoisotopic (exact) mass is 1340 g/mol. The highest BCUT2D eigenvalue weighted by Gasteiger charge is 2.29. The van der Waals surface area contributed by atoms with Gasteiger partial charge in [0, 0.05) is 34.2 Å². The van der Waals surface area contributed by atoms with Gasteiger partial charge in [0.15, 0.2) is 11.3 Å². The van der Waals surface area contributed by atoms with Gasteiger partial charge in [-0.2, -0.15) is 60.9 Å². The fourth-order valence-electron chi connectivity index (χ4n) is 8.28. The van der Waals surface area contributed by atoms with E-state index >= 15 is 0 Å². The third-order valence-corrected chi connectivity index (χ3v) is 19.3. The third-order valence-electron chi connectivity index (χ3n) is 12.1. The molecule has 8 N–H and O–H groups in total. The van der Waals surface area contributed by atoms with Gasteiger partial charge in [-0.05, 0) is 99.0 Å². The number of benzene rings is 5. The number of fused-ring (bicyclic) bond motifs is 6. The predicted molar refractivity (Wildman–Crippen MR) is 308 cm³/mol. The summed E-state index contributed by atoms with van der Waals surface area (Å²) < 4.78 is 211. The Hall–Kier alpha value is -7.63. The first-order chi connectivity index (χ1) is 39.8. The van der Waals surface area contributed by atoms with Crippen molar-refractivity contribution in [3.05, 3.63) is 76.9 Å². The number of amides is 1. The molecule has 0 aliphatic carbocycles. The summed E-state index contributed by atoms with van der Waals surface area (Å²) in [6, 6.07) is 11.4. The van der Waals surface area contributed by atoms with Crippen LogP contribution < -0.4 is 10.1 Å². The van der Waals surface area contributed by atoms with Crippen molar-refractivity contribution in [2.24, 2.45) is 30.7 Å². The second kappa shape index (κ2) is 23.9. The van der Waals surface area contributed by atoms with E-state index in [9.17, 15) is 93.0 Å². The maximum Gasteiger partial charge on any atom is 0.296 e. The molecule has 3 heterocycles. The van der Waals surface area contributed by atoms with E-state index in [1.165, 1.54) is 31.2 Å². The number of thiazole rings is 1. The average Bonchev–Trinajstić information content (AvgIpc) is 1.48. The normalized spacial score (nSPS) is 13.1. The molecule has 0 bridgehead atoms. The van der Waals surface area contributed by atoms with Crippen LogP contribution in [0.5, 0.6) is 11.6 Å². The molecule has 0 saturated heterocycles. The smallest absolute Gasteiger partial charge is 0.296 e. The Morgan fingerprint density at radius 2 is 1.27 bits per heavy atom. The lowest BCUT2D eigenvalue weighted by Crippen LogP contribution is -2.11. The van der Waals surface area contributed by atoms with E-state index in [2.05, 4.69) is 46.0 Å². The molecule has 0 aliphatic rings. The summed E-state index contributed by atoms with van der Waals surface area (Å²) in [5.74, 6) is -2.82. The highest BCUT2D eigenvalue weighted by Crippen LogP contribution is 2.45. The Morgan fingerprint density at radius 3 is 1.87 bits per heavy atom. The molecule has 8 aromatic rings. The summed E-state index contributed by atoms with van der Waals surface area (Å²) in [6.45, 7) is 5.24. The maximum atomic E-state index is 12.6. The first kappa shape index (κ1) is 64.4. The molecule has 8 rings (SSSR count). The lowest BCUT2D eigenvalue weighted by molar-refractivity contribution is -0.114. The largest absolute Gasteiger partial charge is 0.493 e. The lowest BCUT2D eigenvalue weighted by atomic mass is 10.1. The maximum absolute atomic E-state index is 12.6. The molecule has 1 amide bonds. The van der Waals surface area contributed by atoms with Crippen LogP contribution in [0.25, 0.3) is 37.7 Å². The van der Waals surface area contributed by atoms with Gasteiger partial charge in [0.1, 0.15) is 43.3 Å². The summed E-state index contributed by atoms with van der Waals surface area (Å²) in [5, 5.41) is 48.8. The summed E-state index contributed by atoms with van der Waals surface area (Å²) >= 11 is 1.56. The molecule has 0 aliphatic heterocycles. The lowest BCUT2D eigenvalue weighted by Gasteiger charge is -2.12. The number of azo groups is 3. The van der Waals surface area contributed by atoms with Crippen molar-refractivity contribution in [2.45, 2.75) is 65.0 Å². The second-order valence-corrected chi connectivity index (χ2v) is 29.2. The molecular formula is C46H41N11O21S8. The Morgan fingerprint density at radius 1 is 0.674 bits per heavy atom. The minimum atomic E-state index is -5.32. The van der Waals surface area contributed by atoms with Crippen molar-refractivity contribution in [3.63, 3.8) is 0 Å². The number of anilines is 1. The molecule has 0 unspecified atom stereocenters. The van der Waals surface area contributed by atoms with Crippen LogP contribution in [0.2, 0.25) is 0 Å². The van der Waals surface area contributed by atoms with Crippen LogP contribution in [0, 0.1) is 32.1 Å². The molecule has 86 heavy (non-hydrogen) atoms. The number of aryl methyl sites for hydroxylation is 2. The molecule has 0 saturated carbocycles. The fraction of sp³-hybridized carbons (Fsp3) is 0.217. The van der Waals surface area contributed by atoms with Crippen LogP contribution in [0.3, 0.4) is 0 Å². The summed E-state index contributed by atoms with van der Waals surface area (Å²) in [7, 11) is -29.5. The molecule has 3 aromatic heterocycles. The van der Waals surface area contributed by atoms with E-state index in [1.807, 2.05) is 6.07 Å². The highest BCUT2D eigenvalue weighted by molar-refractivity contribution is 7.99. The van der Waals surface area contributed by atoms with Crippen molar-refractivity contribution in [3.8, 4) is 17.7 Å². The fourth-order valence-corrected chi connectivity index (χ4v) is 14.0. The molecule has 454 valence electrons. The summed E-state index contributed by atoms with van der Waals surface area (Å²) in [4.78, 5) is 16.9. The van der Waals surface area contributed by atoms with Gasteiger partial charge < -0.3 is 15.2 Å². The highest BCUT2D eigenvalue weighted by atomic mass is 32.2. The van der Waals surface area contributed by atoms with Crippen molar-refractivity contribution in [1.82, 2.24) is 14.4 Å². The first-order valence-electron chi connectivity index (χ1n) is 23.7. The predicted octanol–water partition coefficient (Wildman–Crippen LogP) is 8.97. The van der Waals surface area contributed by atoms with Gasteiger partial charge in [0.05, 0.1) is 61.5 Å². The molecule has 0 fully saturated rings. The van der Waals surface area contributed by atoms with Gasteiger partial charge in [-0.3, -0.25) is 36.5 Å². The Bertz CT molecular complexity index is 5080. The zero-order valence-corrected chi connectivity index (χ0v) is 50.6. The van der Waals surface area contributed by atoms with Gasteiger partial charge in [-0.25, -0.2) is 9.97 Å². The van der Waals surface area contributed by atoms with E-state index in [1.54, 1.807) is 13.8 Å². The van der Waals surface area contributed by atoms with Gasteiger partial charge in [0.25, 0.3) is 60.7 Å². The molecule has 0 spiro atoms. The van der Waals surface area contributed by atoms with E-state index in [0.717, 1.165) is 41.3 Å². The number of hydrogen-bond donors (Lipinski definition) is 8. The van der Waals surface area contributed by atoms with Crippen LogP contribution in [-0.2, 0) is 65.5 Å². The van der Waals surface area contributed by atoms with Gasteiger partial charge in [-0.15, -0.1) is 37.3 Å². The third kappa shape index (κ3) is 14.4. The zero-order valence-electron chi connectivity index (χ0n) is 44.0. The SMILES string of the molecule is CC(=O)Nc1cc2c(cc1S(=O)(=O)O)nc1c(C#N)c(C)c(N=Nc3cc(C)c(N=Nc4cc(C)c(N=Nc5nc6c(S(=O)(=O)O)cc7c(S(=O)(=O)O)cc(S(=O)(=O)O)cc7c6s5)cc4SCCCS(=O)(=O)O)cc3OCCCS(=O)(=O)O)c(O)n12. The van der Waals surface area contributed by atoms with Crippen LogP contribution in [0.1, 0.15) is 42.0 Å². The molecule has 32 nitrogen and oxygen atoms in total. The van der Waals surface area contributed by atoms with Crippen molar-refractivity contribution in [1.29, 1.82) is 5.26 Å². The van der Waals surface area contributed by atoms with Crippen LogP contribution >= 0.6 is 23.1 Å². The minimum Gasteiger partial charge on any atom is -0.493 e. The Balaban J connectivity index is 1.21. The van der Waals surface area contributed by atoms with E-state index in [-0.39, 0.29) is 107 Å². The van der Waals surface area contributed by atoms with Gasteiger partial charge in [0.2, 0.25) is 16.9 Å². The molecule has 0 radical (unpaired) electrons. The number of nitrogens with one attached hydrogen (secondary N) is 1. The number of hydrogen-bond acceptors (Lipinski definition) is 26. The molecule has 5 aromatic carbocycles. The van der Waals surface area contributed by atoms with Crippen molar-refractivity contribution < 1.29 is 92.5 Å². The number of thioether (sulfide) groups is 1. The average molecular weight is 1340 g/mol. The molecule has 0 atom stereocenters. The molecular weight excluding hydrogens is 1300 g/mol. The number of nitrogens with zero attached hydrogens (tertiary/aromatic N) is 10. The number of imidazole rings is 1. The Labute approximate surface area is 494 Å². The topological polar surface area (TPSA) is 513 Å². The Kier molecular flexibility index (Phi) is 17.9. The standard InChI is InChI=1S/C46H41N11O21S8/c1-21-11-32(53-55-41-23(3)28(20-47)44-49-31-19-39(85(72,73)74)34(48-24(4)58)16-35(31)57(44)45(41)59)36(78-7-5-9-81(60,61)62)17-29(21)51-54-33-12-22(2)30(18-37(33)79-8-6-10-82(63,64)65)52-56-46-50-42-40(86(75,76)77)15-26-27(43(42)80-46)13-25(83(66,67)68)14-38(26)84(69,70)71/h11-19,59H,5-10H2,1-4H3,(H,48,58)(H,60,61,62)(H,63,64,65)(H,66,67,68)(H,69,70,71)(H,72,73,74)(H,75,76,77). The van der Waals surface area contributed by atoms with Crippen molar-refractivity contribution >= 4 is 167 Å². The number of ether oxygens (including phenoxy) is 1. The number of aromatic nitrogens is 3. The van der Waals surface area contributed by atoms with Gasteiger partial charge in [-0.1, -0.05) is 11.3 Å². The van der Waals surface area contributed by atoms with Crippen LogP contribution in [0.4, 0.5) is 39.3 Å². The van der Waals surface area contributed by atoms with E-state index in [0.29, 0.717) is 34.6 Å². The van der Waals surface area contributed by atoms with E-state index < -0.39 is 120 Å². The number of pyridine rings is 1. The summed E-state index contributed by atoms with van der Waals surface area (Å²) in [5.41, 5.74) is -0.872. The van der Waals surface area contributed by atoms with E-state index in [4.69, 9.17) is 4.74 Å². The van der Waals surface area contributed by atoms with Gasteiger partial charge >= 0.3 is 0 Å². The number of carbonyl (C=O) groups is 1. The molecule has 40 heteroatoms. The zero-order chi connectivity index (χ0) is 63.4. The second-order valence-electron chi connectivity index (χ2n) is 18.3. The van der Waals surface area contributed by atoms with Crippen LogP contribution in [-0.4, -0.2) is 127 Å². The number of carbonyl (C=O) groups excluding carboxylic acids is 1. The van der Waals surface area contributed by atoms with Crippen molar-refractivity contribution in [2.75, 3.05) is 29.2 Å². The summed E-state index contributed by atoms with van der Waals surface area (Å²) in [6.07, 6.45) is -0.319.